The van der Waals surface area contributed by atoms with E-state index in [4.69, 9.17) is 3.32 Å². The van der Waals surface area contributed by atoms with E-state index in [1.807, 2.05) is 0 Å². The topological polar surface area (TPSA) is 17.1 Å². The van der Waals surface area contributed by atoms with E-state index in [0.29, 0.717) is 0 Å². The maximum atomic E-state index is 8.25. The summed E-state index contributed by atoms with van der Waals surface area (Å²) in [5, 5.41) is 0. The quantitative estimate of drug-likeness (QED) is 0.331. The Balaban J connectivity index is -0.00000000500. The fourth-order valence-corrected chi connectivity index (χ4v) is 0. The summed E-state index contributed by atoms with van der Waals surface area (Å²) in [5.41, 5.74) is 0. The molecule has 0 bridgehead atoms. The van der Waals surface area contributed by atoms with Crippen LogP contribution in [0.4, 0.5) is 0 Å². The Morgan fingerprint density at radius 3 is 1.25 bits per heavy atom. The van der Waals surface area contributed by atoms with Crippen molar-refractivity contribution >= 4 is 40.4 Å². The number of hydrogen-bond acceptors (Lipinski definition) is 1. The molecule has 0 fully saturated rings. The monoisotopic (exact) mass is 120 g/mol. The van der Waals surface area contributed by atoms with Crippen molar-refractivity contribution in [2.75, 3.05) is 0 Å². The average Bonchev–Trinajstić information content (AvgIpc) is 1.00. The Hall–Kier alpha value is 1.81. The van der Waals surface area contributed by atoms with E-state index in [2.05, 4.69) is 0 Å². The van der Waals surface area contributed by atoms with Crippen LogP contribution in [0.5, 0.6) is 0 Å². The van der Waals surface area contributed by atoms with Gasteiger partial charge in [-0.05, 0) is 0 Å². The Labute approximate surface area is 63.5 Å². The standard InChI is InChI=1S/Al.Mg.O.Ti.5H. The van der Waals surface area contributed by atoms with Crippen LogP contribution in [0.1, 0.15) is 0 Å². The second-order valence-corrected chi connectivity index (χ2v) is 0. The molecular formula is H5AlMgOTi. The van der Waals surface area contributed by atoms with Crippen molar-refractivity contribution in [3.05, 3.63) is 0 Å². The molecular weight excluding hydrogens is 115 g/mol. The van der Waals surface area contributed by atoms with E-state index in [1.54, 1.807) is 0 Å². The van der Waals surface area contributed by atoms with Crippen molar-refractivity contribution in [3.63, 3.8) is 0 Å². The van der Waals surface area contributed by atoms with Crippen molar-refractivity contribution in [3.8, 4) is 0 Å². The van der Waals surface area contributed by atoms with Crippen LogP contribution in [-0.4, -0.2) is 40.4 Å². The molecule has 4 heteroatoms. The summed E-state index contributed by atoms with van der Waals surface area (Å²) in [6.07, 6.45) is 0. The van der Waals surface area contributed by atoms with Crippen LogP contribution in [0.25, 0.3) is 0 Å². The Bertz CT molecular complexity index is 8.00. The first-order valence-electron chi connectivity index (χ1n) is 0.204. The van der Waals surface area contributed by atoms with E-state index < -0.39 is 0 Å². The van der Waals surface area contributed by atoms with Crippen molar-refractivity contribution < 1.29 is 23.7 Å². The number of rotatable bonds is 0. The van der Waals surface area contributed by atoms with Gasteiger partial charge in [0, 0.05) is 0 Å². The molecule has 0 rings (SSSR count). The van der Waals surface area contributed by atoms with Gasteiger partial charge in [-0.3, -0.25) is 0 Å². The van der Waals surface area contributed by atoms with Crippen LogP contribution < -0.4 is 0 Å². The first-order chi connectivity index (χ1) is 1.00. The molecule has 0 aromatic carbocycles. The zero-order valence-electron chi connectivity index (χ0n) is 0.908. The summed E-state index contributed by atoms with van der Waals surface area (Å²) in [6.45, 7) is 0. The molecule has 1 nitrogen and oxygen atoms in total. The first-order valence-corrected chi connectivity index (χ1v) is 0.842. The minimum absolute atomic E-state index is 0. The maximum absolute atomic E-state index is 8.25. The Kier molecular flexibility index (Phi) is 90.6. The van der Waals surface area contributed by atoms with E-state index >= 15 is 0 Å². The zero-order valence-corrected chi connectivity index (χ0v) is 2.47. The molecule has 0 unspecified atom stereocenters. The van der Waals surface area contributed by atoms with Gasteiger partial charge in [0.05, 0.1) is 0 Å². The van der Waals surface area contributed by atoms with Gasteiger partial charge in [0.2, 0.25) is 0 Å². The fraction of sp³-hybridized carbons (Fsp3) is 0. The number of hydrogen-bond donors (Lipinski definition) is 0. The molecule has 0 radical (unpaired) electrons. The molecule has 0 saturated heterocycles. The Morgan fingerprint density at radius 1 is 1.25 bits per heavy atom. The summed E-state index contributed by atoms with van der Waals surface area (Å²) in [7, 11) is 0. The third kappa shape index (κ3) is 9.18. The third-order valence-corrected chi connectivity index (χ3v) is 0. The minimum atomic E-state index is 0. The van der Waals surface area contributed by atoms with Gasteiger partial charge in [-0.15, -0.1) is 0 Å². The second kappa shape index (κ2) is 21.3. The molecule has 0 heterocycles. The molecule has 0 atom stereocenters. The predicted molar refractivity (Wildman–Crippen MR) is 19.2 cm³/mol. The first kappa shape index (κ1) is 17.0. The summed E-state index contributed by atoms with van der Waals surface area (Å²) < 4.78 is 8.25. The van der Waals surface area contributed by atoms with Crippen LogP contribution >= 0.6 is 0 Å². The second-order valence-electron chi connectivity index (χ2n) is 0. The summed E-state index contributed by atoms with van der Waals surface area (Å²) in [5.74, 6) is 0. The average molecular weight is 120 g/mol. The van der Waals surface area contributed by atoms with Crippen LogP contribution in [0.2, 0.25) is 0 Å². The van der Waals surface area contributed by atoms with Gasteiger partial charge >= 0.3 is 46.8 Å². The van der Waals surface area contributed by atoms with Gasteiger partial charge in [0.15, 0.2) is 17.4 Å². The van der Waals surface area contributed by atoms with Crippen LogP contribution in [-0.2, 0) is 23.7 Å². The summed E-state index contributed by atoms with van der Waals surface area (Å²) >= 11 is 0.750. The van der Waals surface area contributed by atoms with Gasteiger partial charge < -0.3 is 0 Å². The predicted octanol–water partition coefficient (Wildman–Crippen LogP) is -2.22. The van der Waals surface area contributed by atoms with Gasteiger partial charge in [-0.1, -0.05) is 0 Å². The third-order valence-electron chi connectivity index (χ3n) is 0. The normalized spacial score (nSPS) is 0.750. The van der Waals surface area contributed by atoms with Gasteiger partial charge in [0.25, 0.3) is 0 Å². The molecule has 0 aromatic rings. The van der Waals surface area contributed by atoms with E-state index in [0.717, 1.165) is 20.4 Å². The van der Waals surface area contributed by atoms with Crippen molar-refractivity contribution in [2.45, 2.75) is 0 Å². The molecule has 0 aliphatic heterocycles. The van der Waals surface area contributed by atoms with E-state index in [1.165, 1.54) is 0 Å². The fourth-order valence-electron chi connectivity index (χ4n) is 0. The van der Waals surface area contributed by atoms with Crippen molar-refractivity contribution in [1.82, 2.24) is 0 Å². The van der Waals surface area contributed by atoms with Crippen molar-refractivity contribution in [2.24, 2.45) is 0 Å². The molecule has 0 aromatic heterocycles. The molecule has 0 saturated carbocycles. The van der Waals surface area contributed by atoms with Gasteiger partial charge in [-0.2, -0.15) is 0 Å². The molecule has 0 N–H and O–H groups in total. The molecule has 0 aliphatic carbocycles. The summed E-state index contributed by atoms with van der Waals surface area (Å²) in [4.78, 5) is 0. The van der Waals surface area contributed by atoms with E-state index in [-0.39, 0.29) is 40.4 Å². The Morgan fingerprint density at radius 2 is 1.25 bits per heavy atom. The van der Waals surface area contributed by atoms with Crippen LogP contribution in [0, 0.1) is 0 Å². The summed E-state index contributed by atoms with van der Waals surface area (Å²) in [6, 6.07) is 0. The molecule has 0 spiro atoms. The van der Waals surface area contributed by atoms with Crippen molar-refractivity contribution in [1.29, 1.82) is 0 Å². The molecule has 0 amide bonds. The van der Waals surface area contributed by atoms with E-state index in [9.17, 15) is 0 Å². The van der Waals surface area contributed by atoms with Crippen LogP contribution in [0.15, 0.2) is 0 Å². The van der Waals surface area contributed by atoms with Crippen LogP contribution in [0.3, 0.4) is 0 Å². The van der Waals surface area contributed by atoms with Gasteiger partial charge in [0.1, 0.15) is 0 Å². The molecule has 20 valence electrons. The molecule has 4 heavy (non-hydrogen) atoms. The zero-order chi connectivity index (χ0) is 2.00. The SMILES string of the molecule is [AlH3].[MgH2].[O]=[Ti]. The molecule has 0 aliphatic rings. The van der Waals surface area contributed by atoms with Gasteiger partial charge in [-0.25, -0.2) is 0 Å².